The maximum Gasteiger partial charge on any atom is -0.00173 e. The van der Waals surface area contributed by atoms with Crippen LogP contribution in [0.15, 0.2) is 6.07 Å². The minimum Gasteiger partial charge on any atom is -0.330 e. The van der Waals surface area contributed by atoms with Crippen LogP contribution in [-0.4, -0.2) is 6.54 Å². The molecule has 0 aliphatic heterocycles. The van der Waals surface area contributed by atoms with Gasteiger partial charge in [0.15, 0.2) is 0 Å². The van der Waals surface area contributed by atoms with Crippen LogP contribution < -0.4 is 5.73 Å². The van der Waals surface area contributed by atoms with E-state index in [1.54, 1.807) is 5.56 Å². The van der Waals surface area contributed by atoms with E-state index in [0.717, 1.165) is 6.54 Å². The van der Waals surface area contributed by atoms with E-state index in [1.165, 1.54) is 41.5 Å². The van der Waals surface area contributed by atoms with Gasteiger partial charge in [-0.15, -0.1) is 0 Å². The van der Waals surface area contributed by atoms with Crippen LogP contribution in [0.3, 0.4) is 0 Å². The molecule has 1 aromatic rings. The fourth-order valence-corrected chi connectivity index (χ4v) is 2.57. The third-order valence-corrected chi connectivity index (χ3v) is 4.46. The summed E-state index contributed by atoms with van der Waals surface area (Å²) < 4.78 is 0. The molecule has 0 radical (unpaired) electrons. The summed E-state index contributed by atoms with van der Waals surface area (Å²) >= 11 is 0. The van der Waals surface area contributed by atoms with Crippen LogP contribution in [0.25, 0.3) is 0 Å². The van der Waals surface area contributed by atoms with Crippen molar-refractivity contribution in [3.05, 3.63) is 33.9 Å². The Bertz CT molecular complexity index is 388. The SMILES string of the molecule is Cc1cc(C)c(C)c(CC2(CN)CC2)c1C. The Hall–Kier alpha value is -0.820. The lowest BCUT2D eigenvalue weighted by Gasteiger charge is -2.19. The highest BCUT2D eigenvalue weighted by Crippen LogP contribution is 2.48. The second-order valence-corrected chi connectivity index (χ2v) is 5.62. The zero-order valence-corrected chi connectivity index (χ0v) is 11.0. The molecule has 0 heterocycles. The lowest BCUT2D eigenvalue weighted by Crippen LogP contribution is -2.19. The predicted molar refractivity (Wildman–Crippen MR) is 69.8 cm³/mol. The summed E-state index contributed by atoms with van der Waals surface area (Å²) in [6.07, 6.45) is 3.81. The minimum absolute atomic E-state index is 0.440. The van der Waals surface area contributed by atoms with E-state index < -0.39 is 0 Å². The molecule has 2 rings (SSSR count). The average molecular weight is 217 g/mol. The molecular formula is C15H23N. The van der Waals surface area contributed by atoms with Crippen LogP contribution in [-0.2, 0) is 6.42 Å². The van der Waals surface area contributed by atoms with Crippen molar-refractivity contribution in [3.8, 4) is 0 Å². The Kier molecular flexibility index (Phi) is 2.83. The highest BCUT2D eigenvalue weighted by atomic mass is 14.6. The first-order valence-electron chi connectivity index (χ1n) is 6.25. The van der Waals surface area contributed by atoms with E-state index in [0.29, 0.717) is 5.41 Å². The predicted octanol–water partition coefficient (Wildman–Crippen LogP) is 3.20. The van der Waals surface area contributed by atoms with Crippen LogP contribution in [0.2, 0.25) is 0 Å². The van der Waals surface area contributed by atoms with Gasteiger partial charge in [0.05, 0.1) is 0 Å². The largest absolute Gasteiger partial charge is 0.330 e. The molecule has 0 aromatic heterocycles. The van der Waals surface area contributed by atoms with E-state index in [-0.39, 0.29) is 0 Å². The van der Waals surface area contributed by atoms with Gasteiger partial charge in [-0.1, -0.05) is 6.07 Å². The van der Waals surface area contributed by atoms with Crippen molar-refractivity contribution in [1.29, 1.82) is 0 Å². The van der Waals surface area contributed by atoms with Crippen LogP contribution in [0.4, 0.5) is 0 Å². The van der Waals surface area contributed by atoms with Crippen molar-refractivity contribution in [1.82, 2.24) is 0 Å². The zero-order valence-electron chi connectivity index (χ0n) is 11.0. The van der Waals surface area contributed by atoms with Gasteiger partial charge >= 0.3 is 0 Å². The standard InChI is InChI=1S/C15H23N/c1-10-7-11(2)13(4)14(12(10)3)8-15(9-16)5-6-15/h7H,5-6,8-9,16H2,1-4H3. The zero-order chi connectivity index (χ0) is 11.9. The molecule has 1 saturated carbocycles. The number of benzene rings is 1. The number of aryl methyl sites for hydroxylation is 2. The van der Waals surface area contributed by atoms with E-state index in [9.17, 15) is 0 Å². The van der Waals surface area contributed by atoms with Gasteiger partial charge in [-0.2, -0.15) is 0 Å². The van der Waals surface area contributed by atoms with Gasteiger partial charge in [-0.25, -0.2) is 0 Å². The van der Waals surface area contributed by atoms with Gasteiger partial charge in [-0.3, -0.25) is 0 Å². The van der Waals surface area contributed by atoms with Gasteiger partial charge < -0.3 is 5.73 Å². The lowest BCUT2D eigenvalue weighted by atomic mass is 9.87. The Morgan fingerprint density at radius 2 is 1.56 bits per heavy atom. The maximum atomic E-state index is 5.89. The Labute approximate surface area is 99.0 Å². The molecule has 0 amide bonds. The second kappa shape index (κ2) is 3.89. The van der Waals surface area contributed by atoms with Crippen LogP contribution >= 0.6 is 0 Å². The fraction of sp³-hybridized carbons (Fsp3) is 0.600. The molecule has 0 saturated heterocycles. The van der Waals surface area contributed by atoms with Crippen molar-refractivity contribution < 1.29 is 0 Å². The molecule has 1 aliphatic rings. The third kappa shape index (κ3) is 1.89. The monoisotopic (exact) mass is 217 g/mol. The van der Waals surface area contributed by atoms with E-state index in [1.807, 2.05) is 0 Å². The normalized spacial score (nSPS) is 17.6. The molecule has 88 valence electrons. The Morgan fingerprint density at radius 3 is 1.94 bits per heavy atom. The molecule has 2 N–H and O–H groups in total. The summed E-state index contributed by atoms with van der Waals surface area (Å²) in [5.41, 5.74) is 13.7. The minimum atomic E-state index is 0.440. The lowest BCUT2D eigenvalue weighted by molar-refractivity contribution is 0.518. The summed E-state index contributed by atoms with van der Waals surface area (Å²) in [6.45, 7) is 9.78. The van der Waals surface area contributed by atoms with Gasteiger partial charge in [-0.05, 0) is 86.7 Å². The molecule has 0 spiro atoms. The van der Waals surface area contributed by atoms with Gasteiger partial charge in [0.2, 0.25) is 0 Å². The summed E-state index contributed by atoms with van der Waals surface area (Å²) in [7, 11) is 0. The van der Waals surface area contributed by atoms with Gasteiger partial charge in [0.1, 0.15) is 0 Å². The summed E-state index contributed by atoms with van der Waals surface area (Å²) in [6, 6.07) is 2.30. The highest BCUT2D eigenvalue weighted by molar-refractivity contribution is 5.44. The van der Waals surface area contributed by atoms with E-state index in [4.69, 9.17) is 5.73 Å². The fourth-order valence-electron chi connectivity index (χ4n) is 2.57. The molecular weight excluding hydrogens is 194 g/mol. The Balaban J connectivity index is 2.39. The first kappa shape index (κ1) is 11.7. The molecule has 1 nitrogen and oxygen atoms in total. The summed E-state index contributed by atoms with van der Waals surface area (Å²) in [5, 5.41) is 0. The number of rotatable bonds is 3. The van der Waals surface area contributed by atoms with Crippen LogP contribution in [0.5, 0.6) is 0 Å². The maximum absolute atomic E-state index is 5.89. The molecule has 1 fully saturated rings. The molecule has 16 heavy (non-hydrogen) atoms. The van der Waals surface area contributed by atoms with Crippen molar-refractivity contribution in [2.24, 2.45) is 11.1 Å². The van der Waals surface area contributed by atoms with Crippen LogP contribution in [0, 0.1) is 33.1 Å². The van der Waals surface area contributed by atoms with E-state index >= 15 is 0 Å². The topological polar surface area (TPSA) is 26.0 Å². The third-order valence-electron chi connectivity index (χ3n) is 4.46. The number of hydrogen-bond donors (Lipinski definition) is 1. The smallest absolute Gasteiger partial charge is 0.00173 e. The average Bonchev–Trinajstić information content (AvgIpc) is 3.02. The van der Waals surface area contributed by atoms with Gasteiger partial charge in [0.25, 0.3) is 0 Å². The molecule has 1 aliphatic carbocycles. The molecule has 1 aromatic carbocycles. The summed E-state index contributed by atoms with van der Waals surface area (Å²) in [5.74, 6) is 0. The molecule has 0 unspecified atom stereocenters. The van der Waals surface area contributed by atoms with Crippen molar-refractivity contribution in [2.45, 2.75) is 47.0 Å². The molecule has 0 bridgehead atoms. The number of nitrogens with two attached hydrogens (primary N) is 1. The van der Waals surface area contributed by atoms with Gasteiger partial charge in [0, 0.05) is 0 Å². The first-order valence-corrected chi connectivity index (χ1v) is 6.25. The van der Waals surface area contributed by atoms with Crippen molar-refractivity contribution in [3.63, 3.8) is 0 Å². The molecule has 0 atom stereocenters. The quantitative estimate of drug-likeness (QED) is 0.826. The second-order valence-electron chi connectivity index (χ2n) is 5.62. The number of hydrogen-bond acceptors (Lipinski definition) is 1. The Morgan fingerprint density at radius 1 is 1.06 bits per heavy atom. The van der Waals surface area contributed by atoms with E-state index in [2.05, 4.69) is 33.8 Å². The highest BCUT2D eigenvalue weighted by Gasteiger charge is 2.41. The first-order chi connectivity index (χ1) is 7.49. The van der Waals surface area contributed by atoms with Crippen molar-refractivity contribution in [2.75, 3.05) is 6.54 Å². The van der Waals surface area contributed by atoms with Crippen molar-refractivity contribution >= 4 is 0 Å². The molecule has 1 heteroatoms. The van der Waals surface area contributed by atoms with Crippen LogP contribution in [0.1, 0.15) is 40.7 Å². The summed E-state index contributed by atoms with van der Waals surface area (Å²) in [4.78, 5) is 0.